The highest BCUT2D eigenvalue weighted by molar-refractivity contribution is 8.01. The Bertz CT molecular complexity index is 577. The van der Waals surface area contributed by atoms with Gasteiger partial charge >= 0.3 is 0 Å². The number of aromatic nitrogens is 2. The molecule has 0 aliphatic carbocycles. The van der Waals surface area contributed by atoms with Crippen molar-refractivity contribution < 1.29 is 8.42 Å². The Balaban J connectivity index is 2.37. The Morgan fingerprint density at radius 3 is 2.90 bits per heavy atom. The Hall–Kier alpha value is -1.02. The molecule has 1 saturated heterocycles. The van der Waals surface area contributed by atoms with E-state index in [1.165, 1.54) is 6.26 Å². The third kappa shape index (κ3) is 3.54. The summed E-state index contributed by atoms with van der Waals surface area (Å²) < 4.78 is 23.9. The molecular weight excluding hydrogens is 296 g/mol. The summed E-state index contributed by atoms with van der Waals surface area (Å²) in [5.74, 6) is 3.55. The molecule has 1 fully saturated rings. The third-order valence-corrected chi connectivity index (χ3v) is 5.70. The van der Waals surface area contributed by atoms with Crippen molar-refractivity contribution in [1.29, 1.82) is 0 Å². The van der Waals surface area contributed by atoms with E-state index in [0.717, 1.165) is 18.1 Å². The summed E-state index contributed by atoms with van der Waals surface area (Å²) in [6.07, 6.45) is 1.29. The van der Waals surface area contributed by atoms with Crippen LogP contribution in [0.15, 0.2) is 6.07 Å². The van der Waals surface area contributed by atoms with Crippen LogP contribution >= 0.6 is 11.8 Å². The minimum Gasteiger partial charge on any atom is -0.370 e. The second kappa shape index (κ2) is 6.17. The number of nitrogens with one attached hydrogen (secondary N) is 1. The van der Waals surface area contributed by atoms with Crippen molar-refractivity contribution in [2.45, 2.75) is 19.2 Å². The van der Waals surface area contributed by atoms with Crippen molar-refractivity contribution >= 4 is 33.2 Å². The molecule has 0 amide bonds. The maximum Gasteiger partial charge on any atom is 0.169 e. The van der Waals surface area contributed by atoms with Gasteiger partial charge in [0.05, 0.1) is 0 Å². The molecule has 1 atom stereocenters. The fourth-order valence-corrected chi connectivity index (χ4v) is 5.00. The van der Waals surface area contributed by atoms with E-state index in [4.69, 9.17) is 0 Å². The van der Waals surface area contributed by atoms with Gasteiger partial charge in [-0.1, -0.05) is 0 Å². The SMILES string of the molecule is CCNc1cc(N2CCSCC2S(C)(=O)=O)nc(C)n1. The van der Waals surface area contributed by atoms with Gasteiger partial charge in [-0.05, 0) is 13.8 Å². The minimum absolute atomic E-state index is 0.509. The largest absolute Gasteiger partial charge is 0.370 e. The van der Waals surface area contributed by atoms with Crippen LogP contribution in [0.4, 0.5) is 11.6 Å². The zero-order valence-electron chi connectivity index (χ0n) is 12.0. The summed E-state index contributed by atoms with van der Waals surface area (Å²) >= 11 is 1.67. The molecule has 112 valence electrons. The van der Waals surface area contributed by atoms with Gasteiger partial charge in [0.15, 0.2) is 9.84 Å². The number of hydrogen-bond donors (Lipinski definition) is 1. The zero-order valence-corrected chi connectivity index (χ0v) is 13.6. The Morgan fingerprint density at radius 2 is 2.25 bits per heavy atom. The van der Waals surface area contributed by atoms with Gasteiger partial charge < -0.3 is 10.2 Å². The number of hydrogen-bond acceptors (Lipinski definition) is 7. The molecule has 1 aliphatic heterocycles. The molecule has 2 heterocycles. The van der Waals surface area contributed by atoms with E-state index in [9.17, 15) is 8.42 Å². The highest BCUT2D eigenvalue weighted by Gasteiger charge is 2.32. The molecule has 1 unspecified atom stereocenters. The normalized spacial score (nSPS) is 19.9. The van der Waals surface area contributed by atoms with Crippen molar-refractivity contribution in [3.05, 3.63) is 11.9 Å². The first-order valence-electron chi connectivity index (χ1n) is 6.54. The summed E-state index contributed by atoms with van der Waals surface area (Å²) in [6.45, 7) is 5.26. The number of sulfone groups is 1. The minimum atomic E-state index is -3.14. The van der Waals surface area contributed by atoms with Gasteiger partial charge in [0, 0.05) is 36.9 Å². The maximum absolute atomic E-state index is 12.0. The van der Waals surface area contributed by atoms with Gasteiger partial charge in [-0.25, -0.2) is 18.4 Å². The molecule has 0 spiro atoms. The van der Waals surface area contributed by atoms with Crippen molar-refractivity contribution in [2.24, 2.45) is 0 Å². The molecule has 20 heavy (non-hydrogen) atoms. The van der Waals surface area contributed by atoms with Gasteiger partial charge in [-0.2, -0.15) is 11.8 Å². The second-order valence-corrected chi connectivity index (χ2v) is 8.09. The van der Waals surface area contributed by atoms with Crippen LogP contribution in [0.3, 0.4) is 0 Å². The molecule has 0 radical (unpaired) electrons. The fraction of sp³-hybridized carbons (Fsp3) is 0.667. The van der Waals surface area contributed by atoms with Crippen LogP contribution in [-0.2, 0) is 9.84 Å². The first kappa shape index (κ1) is 15.4. The van der Waals surface area contributed by atoms with Gasteiger partial charge in [0.2, 0.25) is 0 Å². The van der Waals surface area contributed by atoms with E-state index >= 15 is 0 Å². The highest BCUT2D eigenvalue weighted by Crippen LogP contribution is 2.26. The quantitative estimate of drug-likeness (QED) is 0.892. The van der Waals surface area contributed by atoms with E-state index < -0.39 is 15.2 Å². The summed E-state index contributed by atoms with van der Waals surface area (Å²) in [6, 6.07) is 1.82. The molecule has 1 aromatic heterocycles. The molecule has 6 nitrogen and oxygen atoms in total. The second-order valence-electron chi connectivity index (χ2n) is 4.74. The molecule has 1 N–H and O–H groups in total. The van der Waals surface area contributed by atoms with Crippen LogP contribution in [0.2, 0.25) is 0 Å². The number of thioether (sulfide) groups is 1. The van der Waals surface area contributed by atoms with Gasteiger partial charge in [-0.15, -0.1) is 0 Å². The molecule has 1 aliphatic rings. The van der Waals surface area contributed by atoms with Crippen LogP contribution in [0.5, 0.6) is 0 Å². The van der Waals surface area contributed by atoms with E-state index in [1.807, 2.05) is 24.8 Å². The Labute approximate surface area is 124 Å². The number of nitrogens with zero attached hydrogens (tertiary/aromatic N) is 3. The maximum atomic E-state index is 12.0. The Morgan fingerprint density at radius 1 is 1.50 bits per heavy atom. The van der Waals surface area contributed by atoms with E-state index in [0.29, 0.717) is 23.9 Å². The van der Waals surface area contributed by atoms with E-state index in [1.54, 1.807) is 11.8 Å². The standard InChI is InChI=1S/C12H20N4O2S2/c1-4-13-10-7-11(15-9(2)14-10)16-5-6-19-8-12(16)20(3,17)18/h7,12H,4-6,8H2,1-3H3,(H,13,14,15). The molecule has 1 aromatic rings. The molecule has 8 heteroatoms. The van der Waals surface area contributed by atoms with Crippen LogP contribution in [0.1, 0.15) is 12.7 Å². The summed E-state index contributed by atoms with van der Waals surface area (Å²) in [5, 5.41) is 2.64. The zero-order chi connectivity index (χ0) is 14.8. The van der Waals surface area contributed by atoms with Crippen LogP contribution < -0.4 is 10.2 Å². The molecule has 0 bridgehead atoms. The lowest BCUT2D eigenvalue weighted by atomic mass is 10.4. The lowest BCUT2D eigenvalue weighted by Crippen LogP contribution is -2.47. The van der Waals surface area contributed by atoms with E-state index in [-0.39, 0.29) is 0 Å². The Kier molecular flexibility index (Phi) is 4.74. The number of anilines is 2. The van der Waals surface area contributed by atoms with Crippen LogP contribution in [-0.4, -0.2) is 54.6 Å². The summed E-state index contributed by atoms with van der Waals surface area (Å²) in [7, 11) is -3.14. The fourth-order valence-electron chi connectivity index (χ4n) is 2.17. The smallest absolute Gasteiger partial charge is 0.169 e. The summed E-state index contributed by atoms with van der Waals surface area (Å²) in [5.41, 5.74) is 0. The first-order chi connectivity index (χ1) is 9.41. The summed E-state index contributed by atoms with van der Waals surface area (Å²) in [4.78, 5) is 10.6. The number of aryl methyl sites for hydroxylation is 1. The molecule has 2 rings (SSSR count). The predicted octanol–water partition coefficient (Wildman–Crippen LogP) is 1.14. The number of rotatable bonds is 4. The van der Waals surface area contributed by atoms with Crippen molar-refractivity contribution in [1.82, 2.24) is 9.97 Å². The monoisotopic (exact) mass is 316 g/mol. The van der Waals surface area contributed by atoms with Crippen molar-refractivity contribution in [3.8, 4) is 0 Å². The van der Waals surface area contributed by atoms with Gasteiger partial charge in [0.1, 0.15) is 22.8 Å². The lowest BCUT2D eigenvalue weighted by Gasteiger charge is -2.35. The highest BCUT2D eigenvalue weighted by atomic mass is 32.2. The van der Waals surface area contributed by atoms with Crippen molar-refractivity contribution in [2.75, 3.05) is 41.1 Å². The van der Waals surface area contributed by atoms with E-state index in [2.05, 4.69) is 15.3 Å². The molecule has 0 saturated carbocycles. The first-order valence-corrected chi connectivity index (χ1v) is 9.65. The van der Waals surface area contributed by atoms with Crippen molar-refractivity contribution in [3.63, 3.8) is 0 Å². The van der Waals surface area contributed by atoms with Gasteiger partial charge in [0.25, 0.3) is 0 Å². The van der Waals surface area contributed by atoms with Gasteiger partial charge in [-0.3, -0.25) is 0 Å². The van der Waals surface area contributed by atoms with Crippen LogP contribution in [0.25, 0.3) is 0 Å². The lowest BCUT2D eigenvalue weighted by molar-refractivity contribution is 0.583. The van der Waals surface area contributed by atoms with Crippen LogP contribution in [0, 0.1) is 6.92 Å². The predicted molar refractivity (Wildman–Crippen MR) is 84.2 cm³/mol. The third-order valence-electron chi connectivity index (χ3n) is 3.06. The average molecular weight is 316 g/mol. The average Bonchev–Trinajstić information content (AvgIpc) is 2.37. The molecule has 0 aromatic carbocycles. The topological polar surface area (TPSA) is 75.2 Å². The molecular formula is C12H20N4O2S2.